The van der Waals surface area contributed by atoms with Crippen LogP contribution in [0.25, 0.3) is 10.9 Å². The lowest BCUT2D eigenvalue weighted by Gasteiger charge is -2.28. The van der Waals surface area contributed by atoms with Crippen molar-refractivity contribution in [2.75, 3.05) is 25.9 Å². The van der Waals surface area contributed by atoms with Crippen LogP contribution >= 0.6 is 11.8 Å². The Bertz CT molecular complexity index is 1300. The molecule has 3 aromatic rings. The third kappa shape index (κ3) is 7.94. The van der Waals surface area contributed by atoms with Gasteiger partial charge in [0.25, 0.3) is 5.56 Å². The van der Waals surface area contributed by atoms with Gasteiger partial charge >= 0.3 is 0 Å². The van der Waals surface area contributed by atoms with Gasteiger partial charge in [-0.2, -0.15) is 0 Å². The van der Waals surface area contributed by atoms with Gasteiger partial charge < -0.3 is 10.2 Å². The molecule has 2 aromatic carbocycles. The van der Waals surface area contributed by atoms with Crippen LogP contribution < -0.4 is 10.9 Å². The van der Waals surface area contributed by atoms with Crippen molar-refractivity contribution in [3.05, 3.63) is 70.5 Å². The molecule has 0 bridgehead atoms. The van der Waals surface area contributed by atoms with Crippen molar-refractivity contribution in [2.24, 2.45) is 11.8 Å². The lowest BCUT2D eigenvalue weighted by atomic mass is 9.81. The Balaban J connectivity index is 1.37. The first-order chi connectivity index (χ1) is 19.0. The van der Waals surface area contributed by atoms with Crippen molar-refractivity contribution in [3.8, 4) is 0 Å². The van der Waals surface area contributed by atoms with Gasteiger partial charge in [-0.1, -0.05) is 67.6 Å². The van der Waals surface area contributed by atoms with Crippen molar-refractivity contribution in [2.45, 2.75) is 63.6 Å². The molecule has 1 heterocycles. The Hall–Kier alpha value is -3.13. The Kier molecular flexibility index (Phi) is 10.6. The van der Waals surface area contributed by atoms with Gasteiger partial charge in [0.05, 0.1) is 16.7 Å². The number of unbranched alkanes of at least 4 members (excludes halogenated alkanes) is 1. The molecule has 2 amide bonds. The summed E-state index contributed by atoms with van der Waals surface area (Å²) in [6.45, 7) is 4.04. The van der Waals surface area contributed by atoms with E-state index in [0.717, 1.165) is 51.5 Å². The van der Waals surface area contributed by atoms with Crippen molar-refractivity contribution in [3.63, 3.8) is 0 Å². The minimum Gasteiger partial charge on any atom is -0.356 e. The SMILES string of the molecule is CCCCN(C)C(=O)CSc1nc2ccccc2c(=O)n1CC1CCC(C(=O)NCCc2ccccc2)CC1. The highest BCUT2D eigenvalue weighted by Gasteiger charge is 2.27. The Morgan fingerprint density at radius 2 is 1.77 bits per heavy atom. The van der Waals surface area contributed by atoms with Crippen molar-refractivity contribution in [1.29, 1.82) is 0 Å². The molecule has 1 N–H and O–H groups in total. The number of thioether (sulfide) groups is 1. The number of hydrogen-bond acceptors (Lipinski definition) is 5. The molecule has 1 saturated carbocycles. The number of carbonyl (C=O) groups excluding carboxylic acids is 2. The average Bonchev–Trinajstić information content (AvgIpc) is 2.97. The molecule has 8 heteroatoms. The number of benzene rings is 2. The Morgan fingerprint density at radius 3 is 2.51 bits per heavy atom. The molecule has 208 valence electrons. The van der Waals surface area contributed by atoms with Crippen LogP contribution in [0.3, 0.4) is 0 Å². The fourth-order valence-electron chi connectivity index (χ4n) is 5.16. The van der Waals surface area contributed by atoms with E-state index in [2.05, 4.69) is 24.4 Å². The molecule has 39 heavy (non-hydrogen) atoms. The van der Waals surface area contributed by atoms with E-state index in [-0.39, 0.29) is 29.0 Å². The van der Waals surface area contributed by atoms with Crippen LogP contribution in [0, 0.1) is 11.8 Å². The maximum atomic E-state index is 13.5. The van der Waals surface area contributed by atoms with E-state index in [4.69, 9.17) is 4.98 Å². The second-order valence-electron chi connectivity index (χ2n) is 10.5. The van der Waals surface area contributed by atoms with Gasteiger partial charge in [-0.25, -0.2) is 4.98 Å². The first-order valence-electron chi connectivity index (χ1n) is 14.1. The van der Waals surface area contributed by atoms with E-state index in [0.29, 0.717) is 35.1 Å². The van der Waals surface area contributed by atoms with E-state index in [1.54, 1.807) is 9.47 Å². The first kappa shape index (κ1) is 28.9. The van der Waals surface area contributed by atoms with Gasteiger partial charge in [0.2, 0.25) is 11.8 Å². The highest BCUT2D eigenvalue weighted by atomic mass is 32.2. The zero-order valence-electron chi connectivity index (χ0n) is 23.1. The van der Waals surface area contributed by atoms with Crippen molar-refractivity contribution < 1.29 is 9.59 Å². The van der Waals surface area contributed by atoms with Crippen LogP contribution in [-0.2, 0) is 22.6 Å². The second kappa shape index (κ2) is 14.3. The molecule has 0 aliphatic heterocycles. The number of fused-ring (bicyclic) bond motifs is 1. The summed E-state index contributed by atoms with van der Waals surface area (Å²) < 4.78 is 1.76. The number of nitrogens with zero attached hydrogens (tertiary/aromatic N) is 3. The van der Waals surface area contributed by atoms with Crippen LogP contribution in [0.5, 0.6) is 0 Å². The minimum atomic E-state index is -0.0596. The number of amides is 2. The fourth-order valence-corrected chi connectivity index (χ4v) is 6.11. The number of nitrogens with one attached hydrogen (secondary N) is 1. The summed E-state index contributed by atoms with van der Waals surface area (Å²) in [5.74, 6) is 0.743. The molecule has 0 saturated heterocycles. The number of carbonyl (C=O) groups is 2. The zero-order chi connectivity index (χ0) is 27.6. The van der Waals surface area contributed by atoms with Crippen molar-refractivity contribution >= 4 is 34.5 Å². The molecule has 0 spiro atoms. The molecule has 1 fully saturated rings. The first-order valence-corrected chi connectivity index (χ1v) is 15.1. The molecule has 0 radical (unpaired) electrons. The van der Waals surface area contributed by atoms with Gasteiger partial charge in [0, 0.05) is 32.6 Å². The van der Waals surface area contributed by atoms with Crippen molar-refractivity contribution in [1.82, 2.24) is 19.8 Å². The van der Waals surface area contributed by atoms with E-state index in [9.17, 15) is 14.4 Å². The standard InChI is InChI=1S/C31H40N4O3S/c1-3-4-20-34(2)28(36)22-39-31-33-27-13-9-8-12-26(27)30(38)35(31)21-24-14-16-25(17-15-24)29(37)32-19-18-23-10-6-5-7-11-23/h5-13,24-25H,3-4,14-22H2,1-2H3,(H,32,37). The van der Waals surface area contributed by atoms with Crippen LogP contribution in [0.15, 0.2) is 64.5 Å². The second-order valence-corrected chi connectivity index (χ2v) is 11.5. The van der Waals surface area contributed by atoms with Crippen LogP contribution in [0.2, 0.25) is 0 Å². The van der Waals surface area contributed by atoms with E-state index < -0.39 is 0 Å². The smallest absolute Gasteiger partial charge is 0.262 e. The number of para-hydroxylation sites is 1. The van der Waals surface area contributed by atoms with Crippen LogP contribution in [0.1, 0.15) is 51.0 Å². The Morgan fingerprint density at radius 1 is 1.05 bits per heavy atom. The molecule has 1 aliphatic rings. The quantitative estimate of drug-likeness (QED) is 0.257. The van der Waals surface area contributed by atoms with Crippen LogP contribution in [0.4, 0.5) is 0 Å². The number of rotatable bonds is 12. The predicted octanol–water partition coefficient (Wildman–Crippen LogP) is 4.91. The van der Waals surface area contributed by atoms with Gasteiger partial charge in [0.15, 0.2) is 5.16 Å². The Labute approximate surface area is 235 Å². The fraction of sp³-hybridized carbons (Fsp3) is 0.484. The van der Waals surface area contributed by atoms with Gasteiger partial charge in [-0.05, 0) is 62.1 Å². The van der Waals surface area contributed by atoms with Gasteiger partial charge in [0.1, 0.15) is 0 Å². The maximum Gasteiger partial charge on any atom is 0.262 e. The topological polar surface area (TPSA) is 84.3 Å². The largest absolute Gasteiger partial charge is 0.356 e. The molecule has 0 atom stereocenters. The summed E-state index contributed by atoms with van der Waals surface area (Å²) in [5, 5.41) is 4.30. The summed E-state index contributed by atoms with van der Waals surface area (Å²) >= 11 is 1.34. The lowest BCUT2D eigenvalue weighted by Crippen LogP contribution is -2.35. The molecule has 1 aliphatic carbocycles. The third-order valence-electron chi connectivity index (χ3n) is 7.64. The summed E-state index contributed by atoms with van der Waals surface area (Å²) in [4.78, 5) is 45.5. The number of hydrogen-bond donors (Lipinski definition) is 1. The highest BCUT2D eigenvalue weighted by molar-refractivity contribution is 7.99. The van der Waals surface area contributed by atoms with Gasteiger partial charge in [-0.3, -0.25) is 19.0 Å². The molecule has 0 unspecified atom stereocenters. The normalized spacial score (nSPS) is 17.2. The predicted molar refractivity (Wildman–Crippen MR) is 158 cm³/mol. The average molecular weight is 549 g/mol. The summed E-state index contributed by atoms with van der Waals surface area (Å²) in [6, 6.07) is 17.6. The maximum absolute atomic E-state index is 13.5. The lowest BCUT2D eigenvalue weighted by molar-refractivity contribution is -0.127. The molecule has 7 nitrogen and oxygen atoms in total. The van der Waals surface area contributed by atoms with Crippen LogP contribution in [-0.4, -0.2) is 52.2 Å². The molecule has 4 rings (SSSR count). The summed E-state index contributed by atoms with van der Waals surface area (Å²) in [7, 11) is 1.83. The highest BCUT2D eigenvalue weighted by Crippen LogP contribution is 2.31. The minimum absolute atomic E-state index is 0.0219. The van der Waals surface area contributed by atoms with Gasteiger partial charge in [-0.15, -0.1) is 0 Å². The van der Waals surface area contributed by atoms with E-state index >= 15 is 0 Å². The molecule has 1 aromatic heterocycles. The number of aromatic nitrogens is 2. The monoisotopic (exact) mass is 548 g/mol. The molecular formula is C31H40N4O3S. The third-order valence-corrected chi connectivity index (χ3v) is 8.60. The molecular weight excluding hydrogens is 508 g/mol. The summed E-state index contributed by atoms with van der Waals surface area (Å²) in [5.41, 5.74) is 1.82. The van der Waals surface area contributed by atoms with E-state index in [1.165, 1.54) is 17.3 Å². The van der Waals surface area contributed by atoms with E-state index in [1.807, 2.05) is 49.5 Å². The zero-order valence-corrected chi connectivity index (χ0v) is 23.9. The summed E-state index contributed by atoms with van der Waals surface area (Å²) in [6.07, 6.45) is 6.25.